The normalized spacial score (nSPS) is 17.5. The van der Waals surface area contributed by atoms with Gasteiger partial charge in [-0.05, 0) is 80.5 Å². The Balaban J connectivity index is 1.31. The van der Waals surface area contributed by atoms with Crippen molar-refractivity contribution in [2.45, 2.75) is 44.7 Å². The van der Waals surface area contributed by atoms with Gasteiger partial charge in [0.25, 0.3) is 0 Å². The predicted octanol–water partition coefficient (Wildman–Crippen LogP) is 5.32. The van der Waals surface area contributed by atoms with Crippen molar-refractivity contribution in [3.63, 3.8) is 0 Å². The van der Waals surface area contributed by atoms with Crippen LogP contribution in [-0.2, 0) is 19.1 Å². The second-order valence-corrected chi connectivity index (χ2v) is 9.31. The zero-order valence-electron chi connectivity index (χ0n) is 21.2. The minimum Gasteiger partial charge on any atom is -0.463 e. The first-order chi connectivity index (χ1) is 18.5. The van der Waals surface area contributed by atoms with Crippen molar-refractivity contribution in [1.29, 1.82) is 0 Å². The second kappa shape index (κ2) is 13.7. The van der Waals surface area contributed by atoms with E-state index in [9.17, 15) is 27.6 Å². The lowest BCUT2D eigenvalue weighted by Gasteiger charge is -2.28. The Morgan fingerprint density at radius 3 is 2.05 bits per heavy atom. The van der Waals surface area contributed by atoms with Crippen molar-refractivity contribution in [2.75, 3.05) is 24.7 Å². The van der Waals surface area contributed by atoms with Crippen LogP contribution in [0.3, 0.4) is 0 Å². The molecule has 2 aromatic carbocycles. The van der Waals surface area contributed by atoms with Gasteiger partial charge in [0.05, 0.1) is 30.6 Å². The average molecular weight is 549 g/mol. The third kappa shape index (κ3) is 9.66. The lowest BCUT2D eigenvalue weighted by molar-refractivity contribution is -0.185. The van der Waals surface area contributed by atoms with E-state index in [0.717, 1.165) is 0 Å². The third-order valence-corrected chi connectivity index (χ3v) is 6.26. The lowest BCUT2D eigenvalue weighted by atomic mass is 9.82. The summed E-state index contributed by atoms with van der Waals surface area (Å²) in [6.45, 7) is 0.290. The maximum Gasteiger partial charge on any atom is 0.391 e. The number of halogens is 3. The molecule has 0 bridgehead atoms. The van der Waals surface area contributed by atoms with Gasteiger partial charge < -0.3 is 25.7 Å². The van der Waals surface area contributed by atoms with Crippen molar-refractivity contribution >= 4 is 35.4 Å². The highest BCUT2D eigenvalue weighted by Gasteiger charge is 2.42. The Bertz CT molecular complexity index is 1150. The van der Waals surface area contributed by atoms with E-state index in [0.29, 0.717) is 29.8 Å². The van der Waals surface area contributed by atoms with Crippen LogP contribution in [0.25, 0.3) is 6.08 Å². The number of esters is 3. The summed E-state index contributed by atoms with van der Waals surface area (Å²) in [5, 5.41) is 0. The number of carbonyl (C=O) groups excluding carboxylic acids is 3. The number of hydrogen-bond acceptors (Lipinski definition) is 8. The molecule has 0 aromatic heterocycles. The topological polar surface area (TPSA) is 131 Å². The summed E-state index contributed by atoms with van der Waals surface area (Å²) in [7, 11) is 0. The summed E-state index contributed by atoms with van der Waals surface area (Å²) in [5.41, 5.74) is 13.0. The minimum absolute atomic E-state index is 0.0727. The van der Waals surface area contributed by atoms with E-state index in [1.165, 1.54) is 30.4 Å². The van der Waals surface area contributed by atoms with Gasteiger partial charge in [0.15, 0.2) is 0 Å². The molecule has 4 N–H and O–H groups in total. The van der Waals surface area contributed by atoms with Crippen LogP contribution in [0.1, 0.15) is 54.4 Å². The van der Waals surface area contributed by atoms with Crippen LogP contribution >= 0.6 is 0 Å². The van der Waals surface area contributed by atoms with Crippen LogP contribution in [0.2, 0.25) is 0 Å². The average Bonchev–Trinajstić information content (AvgIpc) is 2.89. The number of rotatable bonds is 10. The van der Waals surface area contributed by atoms with Crippen molar-refractivity contribution in [3.05, 3.63) is 59.7 Å². The smallest absolute Gasteiger partial charge is 0.391 e. The molecular formula is C28H31F3N2O6. The summed E-state index contributed by atoms with van der Waals surface area (Å²) in [6, 6.07) is 10.8. The maximum absolute atomic E-state index is 12.8. The van der Waals surface area contributed by atoms with Crippen LogP contribution in [-0.4, -0.2) is 37.3 Å². The SMILES string of the molecule is Nc1cc(N)cc(C(=O)OCCCCOC(=O)C=Cc2ccc(OC(=O)C3CCC(C(F)(F)F)CC3)cc2)c1. The molecule has 1 saturated carbocycles. The number of anilines is 2. The number of hydrogen-bond donors (Lipinski definition) is 2. The highest BCUT2D eigenvalue weighted by Crippen LogP contribution is 2.39. The molecule has 0 saturated heterocycles. The number of ether oxygens (including phenoxy) is 3. The van der Waals surface area contributed by atoms with Gasteiger partial charge in [-0.25, -0.2) is 9.59 Å². The van der Waals surface area contributed by atoms with Gasteiger partial charge in [-0.3, -0.25) is 4.79 Å². The molecule has 1 fully saturated rings. The fraction of sp³-hybridized carbons (Fsp3) is 0.393. The lowest BCUT2D eigenvalue weighted by Crippen LogP contribution is -2.31. The Labute approximate surface area is 224 Å². The van der Waals surface area contributed by atoms with Crippen LogP contribution in [0.4, 0.5) is 24.5 Å². The van der Waals surface area contributed by atoms with Gasteiger partial charge in [0.1, 0.15) is 5.75 Å². The largest absolute Gasteiger partial charge is 0.463 e. The van der Waals surface area contributed by atoms with Crippen LogP contribution in [0.5, 0.6) is 5.75 Å². The molecule has 210 valence electrons. The highest BCUT2D eigenvalue weighted by molar-refractivity contribution is 5.91. The molecule has 3 rings (SSSR count). The monoisotopic (exact) mass is 548 g/mol. The second-order valence-electron chi connectivity index (χ2n) is 9.31. The molecule has 0 aliphatic heterocycles. The van der Waals surface area contributed by atoms with Crippen LogP contribution < -0.4 is 16.2 Å². The molecule has 0 amide bonds. The van der Waals surface area contributed by atoms with Gasteiger partial charge in [-0.1, -0.05) is 12.1 Å². The predicted molar refractivity (Wildman–Crippen MR) is 138 cm³/mol. The summed E-state index contributed by atoms with van der Waals surface area (Å²) >= 11 is 0. The van der Waals surface area contributed by atoms with E-state index in [4.69, 9.17) is 25.7 Å². The summed E-state index contributed by atoms with van der Waals surface area (Å²) < 4.78 is 54.0. The van der Waals surface area contributed by atoms with Gasteiger partial charge in [0.2, 0.25) is 0 Å². The van der Waals surface area contributed by atoms with Crippen molar-refractivity contribution in [3.8, 4) is 5.75 Å². The standard InChI is InChI=1S/C28H31F3N2O6/c29-28(30,31)21-8-6-19(7-9-21)27(36)39-24-10-3-18(4-11-24)5-12-25(34)37-13-1-2-14-38-26(35)20-15-22(32)17-23(33)16-20/h3-5,10-12,15-17,19,21H,1-2,6-9,13-14,32-33H2. The third-order valence-electron chi connectivity index (χ3n) is 6.26. The summed E-state index contributed by atoms with van der Waals surface area (Å²) in [5.74, 6) is -3.25. The zero-order valence-corrected chi connectivity index (χ0v) is 21.2. The van der Waals surface area contributed by atoms with E-state index >= 15 is 0 Å². The molecule has 0 spiro atoms. The van der Waals surface area contributed by atoms with E-state index in [2.05, 4.69) is 0 Å². The molecule has 39 heavy (non-hydrogen) atoms. The van der Waals surface area contributed by atoms with Gasteiger partial charge in [-0.15, -0.1) is 0 Å². The Morgan fingerprint density at radius 2 is 1.46 bits per heavy atom. The molecule has 0 unspecified atom stereocenters. The first-order valence-corrected chi connectivity index (χ1v) is 12.6. The van der Waals surface area contributed by atoms with Gasteiger partial charge in [0, 0.05) is 17.5 Å². The van der Waals surface area contributed by atoms with E-state index < -0.39 is 35.9 Å². The Hall–Kier alpha value is -4.02. The molecule has 1 aliphatic rings. The van der Waals surface area contributed by atoms with Gasteiger partial charge in [-0.2, -0.15) is 13.2 Å². The molecule has 2 aromatic rings. The number of benzene rings is 2. The number of nitrogens with two attached hydrogens (primary N) is 2. The molecule has 0 atom stereocenters. The fourth-order valence-corrected chi connectivity index (χ4v) is 4.13. The molecule has 1 aliphatic carbocycles. The van der Waals surface area contributed by atoms with E-state index in [1.54, 1.807) is 24.3 Å². The van der Waals surface area contributed by atoms with Crippen LogP contribution in [0.15, 0.2) is 48.5 Å². The van der Waals surface area contributed by atoms with Crippen molar-refractivity contribution in [1.82, 2.24) is 0 Å². The minimum atomic E-state index is -4.23. The van der Waals surface area contributed by atoms with Crippen LogP contribution in [0, 0.1) is 11.8 Å². The number of carbonyl (C=O) groups is 3. The molecule has 0 radical (unpaired) electrons. The molecule has 8 nitrogen and oxygen atoms in total. The number of alkyl halides is 3. The number of unbranched alkanes of at least 4 members (excludes halogenated alkanes) is 1. The van der Waals surface area contributed by atoms with Crippen molar-refractivity contribution in [2.24, 2.45) is 11.8 Å². The van der Waals surface area contributed by atoms with Crippen molar-refractivity contribution < 1.29 is 41.8 Å². The summed E-state index contributed by atoms with van der Waals surface area (Å²) in [6.07, 6.45) is -0.306. The maximum atomic E-state index is 12.8. The number of nitrogen functional groups attached to an aromatic ring is 2. The molecular weight excluding hydrogens is 517 g/mol. The summed E-state index contributed by atoms with van der Waals surface area (Å²) in [4.78, 5) is 36.2. The first-order valence-electron chi connectivity index (χ1n) is 12.6. The van der Waals surface area contributed by atoms with Gasteiger partial charge >= 0.3 is 24.1 Å². The Morgan fingerprint density at radius 1 is 0.872 bits per heavy atom. The van der Waals surface area contributed by atoms with E-state index in [-0.39, 0.29) is 50.2 Å². The molecule has 0 heterocycles. The fourth-order valence-electron chi connectivity index (χ4n) is 4.13. The molecule has 11 heteroatoms. The Kier molecular flexibility index (Phi) is 10.4. The highest BCUT2D eigenvalue weighted by atomic mass is 19.4. The zero-order chi connectivity index (χ0) is 28.4. The first kappa shape index (κ1) is 29.5. The quantitative estimate of drug-likeness (QED) is 0.134. The van der Waals surface area contributed by atoms with E-state index in [1.807, 2.05) is 0 Å².